The number of aryl methyl sites for hydroxylation is 2. The molecule has 0 radical (unpaired) electrons. The second-order valence-electron chi connectivity index (χ2n) is 4.77. The van der Waals surface area contributed by atoms with Crippen LogP contribution in [-0.4, -0.2) is 15.6 Å². The number of fused-ring (bicyclic) bond motifs is 1. The molecule has 1 aromatic heterocycles. The summed E-state index contributed by atoms with van der Waals surface area (Å²) in [5.41, 5.74) is 8.08. The SMILES string of the molecule is CCn1c(CCCC(C)N)nc2cc(Br)ccc21. The zero-order chi connectivity index (χ0) is 13.1. The van der Waals surface area contributed by atoms with Crippen LogP contribution in [0.25, 0.3) is 11.0 Å². The summed E-state index contributed by atoms with van der Waals surface area (Å²) in [6, 6.07) is 6.56. The lowest BCUT2D eigenvalue weighted by Crippen LogP contribution is -2.15. The first kappa shape index (κ1) is 13.6. The molecule has 0 aliphatic carbocycles. The highest BCUT2D eigenvalue weighted by atomic mass is 79.9. The molecule has 0 saturated carbocycles. The zero-order valence-corrected chi connectivity index (χ0v) is 12.6. The molecule has 2 N–H and O–H groups in total. The van der Waals surface area contributed by atoms with Crippen LogP contribution in [0.3, 0.4) is 0 Å². The monoisotopic (exact) mass is 309 g/mol. The van der Waals surface area contributed by atoms with Gasteiger partial charge in [0.2, 0.25) is 0 Å². The molecule has 1 heterocycles. The van der Waals surface area contributed by atoms with Crippen LogP contribution in [0.15, 0.2) is 22.7 Å². The van der Waals surface area contributed by atoms with Crippen LogP contribution in [0.4, 0.5) is 0 Å². The van der Waals surface area contributed by atoms with Gasteiger partial charge in [-0.25, -0.2) is 4.98 Å². The van der Waals surface area contributed by atoms with Crippen molar-refractivity contribution in [3.05, 3.63) is 28.5 Å². The molecule has 0 aliphatic heterocycles. The third-order valence-electron chi connectivity index (χ3n) is 3.17. The highest BCUT2D eigenvalue weighted by Crippen LogP contribution is 2.21. The van der Waals surface area contributed by atoms with Gasteiger partial charge < -0.3 is 10.3 Å². The molecular formula is C14H20BrN3. The molecule has 98 valence electrons. The van der Waals surface area contributed by atoms with Crippen LogP contribution in [0.5, 0.6) is 0 Å². The smallest absolute Gasteiger partial charge is 0.109 e. The van der Waals surface area contributed by atoms with Crippen molar-refractivity contribution in [3.63, 3.8) is 0 Å². The maximum atomic E-state index is 5.79. The molecule has 2 rings (SSSR count). The number of halogens is 1. The number of aromatic nitrogens is 2. The van der Waals surface area contributed by atoms with Gasteiger partial charge in [0, 0.05) is 23.5 Å². The molecule has 0 bridgehead atoms. The Kier molecular flexibility index (Phi) is 4.40. The lowest BCUT2D eigenvalue weighted by Gasteiger charge is -2.07. The maximum Gasteiger partial charge on any atom is 0.109 e. The Morgan fingerprint density at radius 1 is 1.44 bits per heavy atom. The first-order valence-corrected chi connectivity index (χ1v) is 7.31. The lowest BCUT2D eigenvalue weighted by molar-refractivity contribution is 0.598. The number of imidazole rings is 1. The van der Waals surface area contributed by atoms with Gasteiger partial charge in [-0.1, -0.05) is 15.9 Å². The van der Waals surface area contributed by atoms with Crippen molar-refractivity contribution in [2.45, 2.75) is 45.7 Å². The number of rotatable bonds is 5. The molecule has 0 spiro atoms. The lowest BCUT2D eigenvalue weighted by atomic mass is 10.1. The van der Waals surface area contributed by atoms with Crippen LogP contribution >= 0.6 is 15.9 Å². The van der Waals surface area contributed by atoms with Crippen molar-refractivity contribution in [2.75, 3.05) is 0 Å². The Bertz CT molecular complexity index is 531. The molecule has 1 atom stereocenters. The normalized spacial score (nSPS) is 13.1. The first-order chi connectivity index (χ1) is 8.61. The van der Waals surface area contributed by atoms with Gasteiger partial charge in [-0.05, 0) is 44.9 Å². The number of benzene rings is 1. The fourth-order valence-corrected chi connectivity index (χ4v) is 2.63. The average molecular weight is 310 g/mol. The van der Waals surface area contributed by atoms with E-state index in [9.17, 15) is 0 Å². The molecule has 18 heavy (non-hydrogen) atoms. The molecule has 0 fully saturated rings. The van der Waals surface area contributed by atoms with E-state index in [1.807, 2.05) is 0 Å². The molecule has 0 saturated heterocycles. The van der Waals surface area contributed by atoms with Gasteiger partial charge in [-0.2, -0.15) is 0 Å². The van der Waals surface area contributed by atoms with Crippen LogP contribution in [0.2, 0.25) is 0 Å². The zero-order valence-electron chi connectivity index (χ0n) is 11.0. The molecular weight excluding hydrogens is 290 g/mol. The van der Waals surface area contributed by atoms with E-state index in [-0.39, 0.29) is 6.04 Å². The molecule has 3 nitrogen and oxygen atoms in total. The summed E-state index contributed by atoms with van der Waals surface area (Å²) in [5, 5.41) is 0. The van der Waals surface area contributed by atoms with Crippen LogP contribution in [0, 0.1) is 0 Å². The van der Waals surface area contributed by atoms with E-state index in [0.717, 1.165) is 35.8 Å². The van der Waals surface area contributed by atoms with E-state index in [1.165, 1.54) is 11.3 Å². The van der Waals surface area contributed by atoms with E-state index < -0.39 is 0 Å². The van der Waals surface area contributed by atoms with Crippen LogP contribution in [0.1, 0.15) is 32.5 Å². The van der Waals surface area contributed by atoms with Crippen molar-refractivity contribution >= 4 is 27.0 Å². The first-order valence-electron chi connectivity index (χ1n) is 6.52. The minimum atomic E-state index is 0.276. The number of nitrogens with zero attached hydrogens (tertiary/aromatic N) is 2. The van der Waals surface area contributed by atoms with E-state index in [2.05, 4.69) is 52.5 Å². The second kappa shape index (κ2) is 5.85. The number of hydrogen-bond donors (Lipinski definition) is 1. The Morgan fingerprint density at radius 2 is 2.22 bits per heavy atom. The predicted octanol–water partition coefficient (Wildman–Crippen LogP) is 3.49. The van der Waals surface area contributed by atoms with E-state index in [1.54, 1.807) is 0 Å². The minimum Gasteiger partial charge on any atom is -0.328 e. The van der Waals surface area contributed by atoms with Gasteiger partial charge >= 0.3 is 0 Å². The average Bonchev–Trinajstić information content (AvgIpc) is 2.65. The molecule has 4 heteroatoms. The summed E-state index contributed by atoms with van der Waals surface area (Å²) in [5.74, 6) is 1.17. The quantitative estimate of drug-likeness (QED) is 0.918. The topological polar surface area (TPSA) is 43.8 Å². The van der Waals surface area contributed by atoms with Crippen LogP contribution in [-0.2, 0) is 13.0 Å². The molecule has 2 aromatic rings. The maximum absolute atomic E-state index is 5.79. The Balaban J connectivity index is 2.26. The molecule has 1 unspecified atom stereocenters. The van der Waals surface area contributed by atoms with Crippen molar-refractivity contribution in [1.29, 1.82) is 0 Å². The van der Waals surface area contributed by atoms with E-state index >= 15 is 0 Å². The molecule has 1 aromatic carbocycles. The standard InChI is InChI=1S/C14H20BrN3/c1-3-18-13-8-7-11(15)9-12(13)17-14(18)6-4-5-10(2)16/h7-10H,3-6,16H2,1-2H3. The third kappa shape index (κ3) is 2.93. The Morgan fingerprint density at radius 3 is 2.89 bits per heavy atom. The summed E-state index contributed by atoms with van der Waals surface area (Å²) in [6.07, 6.45) is 3.15. The van der Waals surface area contributed by atoms with Crippen LogP contribution < -0.4 is 5.73 Å². The summed E-state index contributed by atoms with van der Waals surface area (Å²) < 4.78 is 3.38. The van der Waals surface area contributed by atoms with E-state index in [0.29, 0.717) is 0 Å². The van der Waals surface area contributed by atoms with Gasteiger partial charge in [-0.3, -0.25) is 0 Å². The largest absolute Gasteiger partial charge is 0.328 e. The predicted molar refractivity (Wildman–Crippen MR) is 79.7 cm³/mol. The second-order valence-corrected chi connectivity index (χ2v) is 5.69. The van der Waals surface area contributed by atoms with E-state index in [4.69, 9.17) is 10.7 Å². The molecule has 0 aliphatic rings. The van der Waals surface area contributed by atoms with Crippen molar-refractivity contribution in [2.24, 2.45) is 5.73 Å². The third-order valence-corrected chi connectivity index (χ3v) is 3.66. The summed E-state index contributed by atoms with van der Waals surface area (Å²) in [6.45, 7) is 5.18. The van der Waals surface area contributed by atoms with Crippen molar-refractivity contribution < 1.29 is 0 Å². The summed E-state index contributed by atoms with van der Waals surface area (Å²) >= 11 is 3.49. The molecule has 0 amide bonds. The van der Waals surface area contributed by atoms with Gasteiger partial charge in [0.1, 0.15) is 5.82 Å². The highest BCUT2D eigenvalue weighted by Gasteiger charge is 2.09. The van der Waals surface area contributed by atoms with Gasteiger partial charge in [0.05, 0.1) is 11.0 Å². The fourth-order valence-electron chi connectivity index (χ4n) is 2.28. The van der Waals surface area contributed by atoms with Gasteiger partial charge in [0.15, 0.2) is 0 Å². The highest BCUT2D eigenvalue weighted by molar-refractivity contribution is 9.10. The minimum absolute atomic E-state index is 0.276. The fraction of sp³-hybridized carbons (Fsp3) is 0.500. The van der Waals surface area contributed by atoms with Crippen molar-refractivity contribution in [3.8, 4) is 0 Å². The van der Waals surface area contributed by atoms with Crippen molar-refractivity contribution in [1.82, 2.24) is 9.55 Å². The Hall–Kier alpha value is -0.870. The number of hydrogen-bond acceptors (Lipinski definition) is 2. The Labute approximate surface area is 117 Å². The summed E-state index contributed by atoms with van der Waals surface area (Å²) in [7, 11) is 0. The summed E-state index contributed by atoms with van der Waals surface area (Å²) in [4.78, 5) is 4.73. The van der Waals surface area contributed by atoms with Gasteiger partial charge in [-0.15, -0.1) is 0 Å². The van der Waals surface area contributed by atoms with Gasteiger partial charge in [0.25, 0.3) is 0 Å². The number of nitrogens with two attached hydrogens (primary N) is 1.